The van der Waals surface area contributed by atoms with Crippen molar-refractivity contribution in [2.24, 2.45) is 0 Å². The molecule has 0 unspecified atom stereocenters. The second kappa shape index (κ2) is 7.13. The van der Waals surface area contributed by atoms with Crippen molar-refractivity contribution in [2.75, 3.05) is 18.4 Å². The second-order valence-electron chi connectivity index (χ2n) is 7.03. The minimum absolute atomic E-state index is 0.230. The molecule has 154 valence electrons. The zero-order valence-corrected chi connectivity index (χ0v) is 15.6. The van der Waals surface area contributed by atoms with Crippen LogP contribution in [0.25, 0.3) is 27.9 Å². The lowest BCUT2D eigenvalue weighted by Gasteiger charge is -2.13. The van der Waals surface area contributed by atoms with Crippen LogP contribution in [0, 0.1) is 0 Å². The smallest absolute Gasteiger partial charge is 0.406 e. The highest BCUT2D eigenvalue weighted by Gasteiger charge is 2.31. The first-order chi connectivity index (χ1) is 14.5. The van der Waals surface area contributed by atoms with Gasteiger partial charge in [-0.3, -0.25) is 0 Å². The first kappa shape index (κ1) is 18.6. The monoisotopic (exact) mass is 414 g/mol. The van der Waals surface area contributed by atoms with Crippen molar-refractivity contribution < 1.29 is 17.9 Å². The number of benzene rings is 2. The van der Waals surface area contributed by atoms with Crippen LogP contribution in [-0.4, -0.2) is 45.1 Å². The molecule has 1 aliphatic rings. The highest BCUT2D eigenvalue weighted by molar-refractivity contribution is 5.92. The van der Waals surface area contributed by atoms with E-state index in [-0.39, 0.29) is 11.8 Å². The Morgan fingerprint density at radius 3 is 2.60 bits per heavy atom. The summed E-state index contributed by atoms with van der Waals surface area (Å²) in [6, 6.07) is 13.3. The third-order valence-electron chi connectivity index (χ3n) is 4.92. The third kappa shape index (κ3) is 3.61. The summed E-state index contributed by atoms with van der Waals surface area (Å²) >= 11 is 0. The van der Waals surface area contributed by atoms with Crippen LogP contribution in [0.1, 0.15) is 6.42 Å². The van der Waals surface area contributed by atoms with E-state index < -0.39 is 6.36 Å². The summed E-state index contributed by atoms with van der Waals surface area (Å²) in [7, 11) is 0. The first-order valence-electron chi connectivity index (χ1n) is 9.45. The number of rotatable bonds is 4. The van der Waals surface area contributed by atoms with Crippen LogP contribution < -0.4 is 15.4 Å². The van der Waals surface area contributed by atoms with Gasteiger partial charge in [-0.25, -0.2) is 9.97 Å². The van der Waals surface area contributed by atoms with E-state index in [1.54, 1.807) is 4.52 Å². The average molecular weight is 414 g/mol. The maximum absolute atomic E-state index is 12.4. The van der Waals surface area contributed by atoms with Gasteiger partial charge in [-0.1, -0.05) is 12.1 Å². The van der Waals surface area contributed by atoms with Crippen LogP contribution in [0.2, 0.25) is 0 Å². The molecule has 0 spiro atoms. The Balaban J connectivity index is 1.57. The molecule has 0 radical (unpaired) electrons. The fraction of sp³-hybridized carbons (Fsp3) is 0.250. The van der Waals surface area contributed by atoms with Gasteiger partial charge in [0, 0.05) is 23.5 Å². The molecule has 0 amide bonds. The van der Waals surface area contributed by atoms with Crippen LogP contribution in [0.4, 0.5) is 19.1 Å². The van der Waals surface area contributed by atoms with Gasteiger partial charge in [0.1, 0.15) is 5.75 Å². The number of nitrogens with one attached hydrogen (secondary N) is 2. The molecule has 4 aromatic rings. The van der Waals surface area contributed by atoms with Crippen molar-refractivity contribution in [3.05, 3.63) is 48.5 Å². The third-order valence-corrected chi connectivity index (χ3v) is 4.92. The molecule has 1 fully saturated rings. The highest BCUT2D eigenvalue weighted by atomic mass is 19.4. The second-order valence-corrected chi connectivity index (χ2v) is 7.03. The van der Waals surface area contributed by atoms with Crippen molar-refractivity contribution in [3.8, 4) is 17.1 Å². The predicted octanol–water partition coefficient (Wildman–Crippen LogP) is 3.62. The van der Waals surface area contributed by atoms with E-state index in [0.29, 0.717) is 23.0 Å². The van der Waals surface area contributed by atoms with Gasteiger partial charge < -0.3 is 15.4 Å². The number of nitrogens with zero attached hydrogens (tertiary/aromatic N) is 4. The Morgan fingerprint density at radius 1 is 1.07 bits per heavy atom. The van der Waals surface area contributed by atoms with E-state index in [1.165, 1.54) is 24.3 Å². The number of aromatic nitrogens is 4. The van der Waals surface area contributed by atoms with Gasteiger partial charge in [0.05, 0.1) is 5.52 Å². The maximum Gasteiger partial charge on any atom is 0.573 e. The average Bonchev–Trinajstić information content (AvgIpc) is 3.37. The molecule has 0 aliphatic carbocycles. The normalized spacial score (nSPS) is 17.0. The van der Waals surface area contributed by atoms with E-state index in [9.17, 15) is 13.2 Å². The Kier molecular flexibility index (Phi) is 4.43. The Hall–Kier alpha value is -3.40. The number of hydrogen-bond donors (Lipinski definition) is 2. The minimum atomic E-state index is -4.73. The van der Waals surface area contributed by atoms with E-state index in [2.05, 4.69) is 25.5 Å². The van der Waals surface area contributed by atoms with Crippen molar-refractivity contribution in [1.82, 2.24) is 24.9 Å². The molecule has 0 bridgehead atoms. The Morgan fingerprint density at radius 2 is 1.87 bits per heavy atom. The fourth-order valence-electron chi connectivity index (χ4n) is 3.54. The molecule has 1 saturated heterocycles. The van der Waals surface area contributed by atoms with Crippen LogP contribution in [-0.2, 0) is 0 Å². The quantitative estimate of drug-likeness (QED) is 0.531. The number of hydrogen-bond acceptors (Lipinski definition) is 6. The standard InChI is InChI=1S/C20H17F3N6O/c21-20(22,23)30-14-7-5-12(6-8-14)17-27-18-15-3-1-2-4-16(15)26-19(29(18)28-17)25-13-9-10-24-11-13/h1-8,13,24H,9-11H2,(H,25,26)/t13-/m1/s1. The van der Waals surface area contributed by atoms with Crippen LogP contribution in [0.3, 0.4) is 0 Å². The molecule has 1 atom stereocenters. The number of para-hydroxylation sites is 1. The van der Waals surface area contributed by atoms with Gasteiger partial charge in [-0.15, -0.1) is 18.3 Å². The van der Waals surface area contributed by atoms with Crippen LogP contribution in [0.5, 0.6) is 5.75 Å². The lowest BCUT2D eigenvalue weighted by molar-refractivity contribution is -0.274. The first-order valence-corrected chi connectivity index (χ1v) is 9.45. The summed E-state index contributed by atoms with van der Waals surface area (Å²) in [6.45, 7) is 1.77. The zero-order chi connectivity index (χ0) is 20.7. The van der Waals surface area contributed by atoms with Crippen LogP contribution >= 0.6 is 0 Å². The van der Waals surface area contributed by atoms with E-state index in [0.717, 1.165) is 30.4 Å². The van der Waals surface area contributed by atoms with Gasteiger partial charge in [0.2, 0.25) is 5.95 Å². The molecule has 2 N–H and O–H groups in total. The topological polar surface area (TPSA) is 76.4 Å². The highest BCUT2D eigenvalue weighted by Crippen LogP contribution is 2.27. The minimum Gasteiger partial charge on any atom is -0.406 e. The molecule has 5 rings (SSSR count). The molecule has 10 heteroatoms. The molecular weight excluding hydrogens is 397 g/mol. The van der Waals surface area contributed by atoms with E-state index >= 15 is 0 Å². The number of anilines is 1. The largest absolute Gasteiger partial charge is 0.573 e. The van der Waals surface area contributed by atoms with Gasteiger partial charge >= 0.3 is 6.36 Å². The van der Waals surface area contributed by atoms with E-state index in [1.807, 2.05) is 24.3 Å². The van der Waals surface area contributed by atoms with Crippen LogP contribution in [0.15, 0.2) is 48.5 Å². The summed E-state index contributed by atoms with van der Waals surface area (Å²) < 4.78 is 42.8. The molecule has 3 heterocycles. The summed E-state index contributed by atoms with van der Waals surface area (Å²) in [5.74, 6) is 0.672. The number of fused-ring (bicyclic) bond motifs is 3. The zero-order valence-electron chi connectivity index (χ0n) is 15.6. The molecule has 1 aliphatic heterocycles. The molecule has 0 saturated carbocycles. The summed E-state index contributed by atoms with van der Waals surface area (Å²) in [5, 5.41) is 12.1. The lowest BCUT2D eigenvalue weighted by atomic mass is 10.2. The van der Waals surface area contributed by atoms with Crippen molar-refractivity contribution >= 4 is 22.5 Å². The Labute approximate surface area is 168 Å². The maximum atomic E-state index is 12.4. The summed E-state index contributed by atoms with van der Waals surface area (Å²) in [4.78, 5) is 9.35. The van der Waals surface area contributed by atoms with Gasteiger partial charge in [0.15, 0.2) is 11.5 Å². The Bertz CT molecular complexity index is 1200. The summed E-state index contributed by atoms with van der Waals surface area (Å²) in [5.41, 5.74) is 1.98. The fourth-order valence-corrected chi connectivity index (χ4v) is 3.54. The van der Waals surface area contributed by atoms with Crippen molar-refractivity contribution in [3.63, 3.8) is 0 Å². The van der Waals surface area contributed by atoms with E-state index in [4.69, 9.17) is 4.98 Å². The molecule has 2 aromatic heterocycles. The molecule has 30 heavy (non-hydrogen) atoms. The van der Waals surface area contributed by atoms with Gasteiger partial charge in [-0.2, -0.15) is 4.52 Å². The van der Waals surface area contributed by atoms with Gasteiger partial charge in [-0.05, 0) is 49.4 Å². The molecule has 7 nitrogen and oxygen atoms in total. The number of alkyl halides is 3. The lowest BCUT2D eigenvalue weighted by Crippen LogP contribution is -2.24. The van der Waals surface area contributed by atoms with Crippen molar-refractivity contribution in [1.29, 1.82) is 0 Å². The molecule has 2 aromatic carbocycles. The summed E-state index contributed by atoms with van der Waals surface area (Å²) in [6.07, 6.45) is -3.76. The number of ether oxygens (including phenoxy) is 1. The number of halogens is 3. The van der Waals surface area contributed by atoms with Crippen molar-refractivity contribution in [2.45, 2.75) is 18.8 Å². The van der Waals surface area contributed by atoms with Gasteiger partial charge in [0.25, 0.3) is 0 Å². The molecular formula is C20H17F3N6O. The SMILES string of the molecule is FC(F)(F)Oc1ccc(-c2nc3c4ccccc4nc(N[C@@H]4CCNC4)n3n2)cc1. The predicted molar refractivity (Wildman–Crippen MR) is 105 cm³/mol.